The van der Waals surface area contributed by atoms with Crippen molar-refractivity contribution in [3.63, 3.8) is 0 Å². The lowest BCUT2D eigenvalue weighted by molar-refractivity contribution is -0.120. The highest BCUT2D eigenvalue weighted by Gasteiger charge is 2.55. The van der Waals surface area contributed by atoms with E-state index in [2.05, 4.69) is 0 Å². The summed E-state index contributed by atoms with van der Waals surface area (Å²) in [4.78, 5) is 29.0. The number of carbonyl (C=O) groups excluding carboxylic acids is 2. The van der Waals surface area contributed by atoms with Crippen molar-refractivity contribution < 1.29 is 14.3 Å². The lowest BCUT2D eigenvalue weighted by Gasteiger charge is -2.28. The van der Waals surface area contributed by atoms with E-state index in [9.17, 15) is 9.59 Å². The van der Waals surface area contributed by atoms with Crippen molar-refractivity contribution in [1.29, 1.82) is 0 Å². The summed E-state index contributed by atoms with van der Waals surface area (Å²) in [5, 5.41) is 1.82. The minimum absolute atomic E-state index is 0.173. The third-order valence-corrected chi connectivity index (χ3v) is 6.69. The third-order valence-electron chi connectivity index (χ3n) is 6.69. The van der Waals surface area contributed by atoms with Crippen LogP contribution in [0.2, 0.25) is 0 Å². The molecule has 1 atom stereocenters. The second-order valence-corrected chi connectivity index (χ2v) is 8.54. The van der Waals surface area contributed by atoms with Crippen LogP contribution in [0.5, 0.6) is 5.75 Å². The van der Waals surface area contributed by atoms with Gasteiger partial charge in [0.1, 0.15) is 12.4 Å². The van der Waals surface area contributed by atoms with Crippen LogP contribution in [0.4, 0.5) is 5.69 Å². The Morgan fingerprint density at radius 1 is 0.879 bits per heavy atom. The molecule has 1 unspecified atom stereocenters. The fourth-order valence-corrected chi connectivity index (χ4v) is 5.02. The summed E-state index contributed by atoms with van der Waals surface area (Å²) in [5.41, 5.74) is 2.68. The van der Waals surface area contributed by atoms with Crippen LogP contribution in [0, 0.1) is 0 Å². The lowest BCUT2D eigenvalue weighted by Crippen LogP contribution is -2.45. The molecule has 4 aromatic carbocycles. The molecule has 0 saturated carbocycles. The van der Waals surface area contributed by atoms with E-state index in [0.29, 0.717) is 12.2 Å². The molecule has 0 aromatic heterocycles. The molecule has 6 rings (SSSR count). The van der Waals surface area contributed by atoms with Gasteiger partial charge in [0.05, 0.1) is 0 Å². The highest BCUT2D eigenvalue weighted by Crippen LogP contribution is 2.50. The Kier molecular flexibility index (Phi) is 4.24. The van der Waals surface area contributed by atoms with Crippen molar-refractivity contribution in [3.8, 4) is 5.75 Å². The van der Waals surface area contributed by atoms with Gasteiger partial charge in [-0.2, -0.15) is 0 Å². The summed E-state index contributed by atoms with van der Waals surface area (Å²) < 4.78 is 6.01. The number of ether oxygens (including phenoxy) is 1. The summed E-state index contributed by atoms with van der Waals surface area (Å²) in [6, 6.07) is 27.2. The maximum atomic E-state index is 13.8. The van der Waals surface area contributed by atoms with Gasteiger partial charge in [0, 0.05) is 23.9 Å². The number of hydrogen-bond acceptors (Lipinski definition) is 3. The van der Waals surface area contributed by atoms with E-state index >= 15 is 0 Å². The normalized spacial score (nSPS) is 18.6. The maximum Gasteiger partial charge on any atom is 0.249 e. The first-order chi connectivity index (χ1) is 16.1. The number of hydrogen-bond donors (Lipinski definition) is 0. The van der Waals surface area contributed by atoms with Gasteiger partial charge in [0.15, 0.2) is 11.2 Å². The van der Waals surface area contributed by atoms with Crippen LogP contribution in [0.25, 0.3) is 16.8 Å². The fourth-order valence-electron chi connectivity index (χ4n) is 5.02. The molecule has 0 bridgehead atoms. The monoisotopic (exact) mass is 431 g/mol. The molecule has 33 heavy (non-hydrogen) atoms. The summed E-state index contributed by atoms with van der Waals surface area (Å²) in [6.07, 6.45) is 3.68. The Hall–Kier alpha value is -4.18. The molecule has 0 saturated heterocycles. The second-order valence-electron chi connectivity index (χ2n) is 8.54. The van der Waals surface area contributed by atoms with Crippen LogP contribution in [-0.2, 0) is 16.8 Å². The maximum absolute atomic E-state index is 13.8. The molecular formula is C29H21NO3. The summed E-state index contributed by atoms with van der Waals surface area (Å²) in [5.74, 6) is 0.354. The Labute approximate surface area is 191 Å². The molecule has 1 heterocycles. The number of likely N-dealkylation sites (N-methyl/N-ethyl adjacent to an activating group) is 1. The smallest absolute Gasteiger partial charge is 0.249 e. The van der Waals surface area contributed by atoms with E-state index < -0.39 is 5.41 Å². The number of Topliss-reactive ketones (excluding diaryl/α,β-unsaturated/α-hetero) is 1. The van der Waals surface area contributed by atoms with Gasteiger partial charge in [0.2, 0.25) is 5.91 Å². The first kappa shape index (κ1) is 19.5. The number of benzene rings is 4. The van der Waals surface area contributed by atoms with Crippen LogP contribution in [-0.4, -0.2) is 18.7 Å². The van der Waals surface area contributed by atoms with Gasteiger partial charge in [-0.05, 0) is 40.1 Å². The minimum Gasteiger partial charge on any atom is -0.489 e. The van der Waals surface area contributed by atoms with Crippen molar-refractivity contribution >= 4 is 34.2 Å². The number of amides is 1. The minimum atomic E-state index is -1.34. The van der Waals surface area contributed by atoms with Gasteiger partial charge < -0.3 is 9.64 Å². The largest absolute Gasteiger partial charge is 0.489 e. The highest BCUT2D eigenvalue weighted by atomic mass is 16.5. The lowest BCUT2D eigenvalue weighted by atomic mass is 9.70. The van der Waals surface area contributed by atoms with Crippen molar-refractivity contribution in [2.45, 2.75) is 12.0 Å². The number of anilines is 1. The average molecular weight is 431 g/mol. The number of carbonyl (C=O) groups is 2. The quantitative estimate of drug-likeness (QED) is 0.400. The van der Waals surface area contributed by atoms with E-state index in [0.717, 1.165) is 38.9 Å². The SMILES string of the molecule is CN1C(=O)C2(C=Cc3ccccc3C2=O)c2c1ccc1cc(OCc3ccccc3)ccc21. The average Bonchev–Trinajstić information content (AvgIpc) is 3.08. The first-order valence-electron chi connectivity index (χ1n) is 10.9. The zero-order chi connectivity index (χ0) is 22.6. The van der Waals surface area contributed by atoms with Crippen molar-refractivity contribution in [2.75, 3.05) is 11.9 Å². The predicted octanol–water partition coefficient (Wildman–Crippen LogP) is 5.54. The van der Waals surface area contributed by atoms with Crippen molar-refractivity contribution in [1.82, 2.24) is 0 Å². The number of rotatable bonds is 3. The van der Waals surface area contributed by atoms with Crippen LogP contribution in [0.15, 0.2) is 91.0 Å². The molecule has 1 aliphatic heterocycles. The molecule has 0 N–H and O–H groups in total. The van der Waals surface area contributed by atoms with Crippen LogP contribution in [0.3, 0.4) is 0 Å². The molecule has 4 aromatic rings. The van der Waals surface area contributed by atoms with Gasteiger partial charge in [-0.1, -0.05) is 78.9 Å². The van der Waals surface area contributed by atoms with Crippen LogP contribution >= 0.6 is 0 Å². The highest BCUT2D eigenvalue weighted by molar-refractivity contribution is 6.32. The first-order valence-corrected chi connectivity index (χ1v) is 10.9. The molecule has 4 nitrogen and oxygen atoms in total. The molecule has 0 radical (unpaired) electrons. The Morgan fingerprint density at radius 3 is 2.52 bits per heavy atom. The molecule has 160 valence electrons. The summed E-state index contributed by atoms with van der Waals surface area (Å²) in [6.45, 7) is 0.473. The van der Waals surface area contributed by atoms with Crippen LogP contribution in [0.1, 0.15) is 27.0 Å². The number of fused-ring (bicyclic) bond motifs is 5. The van der Waals surface area contributed by atoms with E-state index in [1.807, 2.05) is 84.9 Å². The Balaban J connectivity index is 1.47. The molecule has 1 amide bonds. The topological polar surface area (TPSA) is 46.6 Å². The number of ketones is 1. The van der Waals surface area contributed by atoms with E-state index in [-0.39, 0.29) is 11.7 Å². The van der Waals surface area contributed by atoms with Gasteiger partial charge in [-0.25, -0.2) is 0 Å². The van der Waals surface area contributed by atoms with E-state index in [4.69, 9.17) is 4.74 Å². The van der Waals surface area contributed by atoms with Gasteiger partial charge in [-0.15, -0.1) is 0 Å². The predicted molar refractivity (Wildman–Crippen MR) is 130 cm³/mol. The van der Waals surface area contributed by atoms with Gasteiger partial charge in [-0.3, -0.25) is 9.59 Å². The standard InChI is InChI=1S/C29H21NO3/c1-30-25-14-11-21-17-22(33-18-19-7-3-2-4-8-19)12-13-23(21)26(25)29(28(30)32)16-15-20-9-5-6-10-24(20)27(29)31/h2-17H,18H2,1H3. The van der Waals surface area contributed by atoms with Crippen molar-refractivity contribution in [2.24, 2.45) is 0 Å². The van der Waals surface area contributed by atoms with Crippen LogP contribution < -0.4 is 9.64 Å². The van der Waals surface area contributed by atoms with E-state index in [1.165, 1.54) is 0 Å². The molecule has 1 spiro atoms. The molecule has 4 heteroatoms. The zero-order valence-corrected chi connectivity index (χ0v) is 18.1. The van der Waals surface area contributed by atoms with Crippen molar-refractivity contribution in [3.05, 3.63) is 113 Å². The number of nitrogens with zero attached hydrogens (tertiary/aromatic N) is 1. The van der Waals surface area contributed by atoms with Gasteiger partial charge >= 0.3 is 0 Å². The Bertz CT molecular complexity index is 1470. The third kappa shape index (κ3) is 2.77. The molecule has 1 aliphatic carbocycles. The summed E-state index contributed by atoms with van der Waals surface area (Å²) >= 11 is 0. The molecular weight excluding hydrogens is 410 g/mol. The fraction of sp³-hybridized carbons (Fsp3) is 0.103. The van der Waals surface area contributed by atoms with E-state index in [1.54, 1.807) is 24.1 Å². The second kappa shape index (κ2) is 7.17. The van der Waals surface area contributed by atoms with Gasteiger partial charge in [0.25, 0.3) is 0 Å². The summed E-state index contributed by atoms with van der Waals surface area (Å²) in [7, 11) is 1.74. The molecule has 0 fully saturated rings. The Morgan fingerprint density at radius 2 is 1.67 bits per heavy atom. The zero-order valence-electron chi connectivity index (χ0n) is 18.1. The molecule has 2 aliphatic rings.